The number of ether oxygens (including phenoxy) is 4. The minimum absolute atomic E-state index is 0.190. The molecule has 0 radical (unpaired) electrons. The highest BCUT2D eigenvalue weighted by Crippen LogP contribution is 2.35. The summed E-state index contributed by atoms with van der Waals surface area (Å²) in [5, 5.41) is 9.46. The van der Waals surface area contributed by atoms with Crippen molar-refractivity contribution in [2.45, 2.75) is 58.0 Å². The largest absolute Gasteiger partial charge is 0.493 e. The Morgan fingerprint density at radius 1 is 1.12 bits per heavy atom. The maximum Gasteiger partial charge on any atom is 0.410 e. The van der Waals surface area contributed by atoms with E-state index in [0.717, 1.165) is 48.1 Å². The van der Waals surface area contributed by atoms with Crippen LogP contribution >= 0.6 is 0 Å². The first-order valence-electron chi connectivity index (χ1n) is 13.9. The van der Waals surface area contributed by atoms with Crippen LogP contribution in [-0.2, 0) is 20.8 Å². The van der Waals surface area contributed by atoms with Gasteiger partial charge in [0.1, 0.15) is 18.5 Å². The summed E-state index contributed by atoms with van der Waals surface area (Å²) in [6.07, 6.45) is 4.58. The van der Waals surface area contributed by atoms with Gasteiger partial charge >= 0.3 is 11.8 Å². The molecule has 3 heterocycles. The fraction of sp³-hybridized carbons (Fsp3) is 0.419. The Kier molecular flexibility index (Phi) is 8.67. The molecule has 216 valence electrons. The number of benzene rings is 2. The number of carbonyl (C=O) groups is 1. The predicted molar refractivity (Wildman–Crippen MR) is 151 cm³/mol. The first-order valence-corrected chi connectivity index (χ1v) is 13.9. The Morgan fingerprint density at radius 2 is 1.98 bits per heavy atom. The molecule has 2 aromatic carbocycles. The van der Waals surface area contributed by atoms with Gasteiger partial charge in [0.25, 0.3) is 0 Å². The van der Waals surface area contributed by atoms with Crippen molar-refractivity contribution in [2.24, 2.45) is 0 Å². The van der Waals surface area contributed by atoms with Crippen molar-refractivity contribution in [1.82, 2.24) is 14.5 Å². The molecule has 0 aliphatic carbocycles. The first-order chi connectivity index (χ1) is 19.8. The highest BCUT2D eigenvalue weighted by atomic mass is 16.7. The fourth-order valence-electron chi connectivity index (χ4n) is 4.85. The average molecular weight is 562 g/mol. The SMILES string of the molecule is CC1(C)OCc2cc([C@@H]3CN(CCCCCCOCC#Cc4cccc(-n5cc(O)[nH]c5=O)c4)C(=O)O3)ccc2O1. The molecule has 5 rings (SSSR count). The number of fused-ring (bicyclic) bond motifs is 1. The molecule has 1 fully saturated rings. The summed E-state index contributed by atoms with van der Waals surface area (Å²) >= 11 is 0. The summed E-state index contributed by atoms with van der Waals surface area (Å²) in [5.74, 6) is 6.01. The van der Waals surface area contributed by atoms with Crippen LogP contribution in [-0.4, -0.2) is 57.7 Å². The van der Waals surface area contributed by atoms with Gasteiger partial charge in [-0.05, 0) is 48.7 Å². The number of nitrogens with zero attached hydrogens (tertiary/aromatic N) is 2. The van der Waals surface area contributed by atoms with Gasteiger partial charge in [-0.25, -0.2) is 9.59 Å². The molecular weight excluding hydrogens is 526 g/mol. The number of cyclic esters (lactones) is 1. The number of hydrogen-bond acceptors (Lipinski definition) is 7. The number of H-pyrrole nitrogens is 1. The molecule has 1 aromatic heterocycles. The minimum atomic E-state index is -0.639. The third-order valence-electron chi connectivity index (χ3n) is 6.98. The summed E-state index contributed by atoms with van der Waals surface area (Å²) in [6.45, 7) is 6.38. The van der Waals surface area contributed by atoms with Crippen LogP contribution in [0, 0.1) is 11.8 Å². The Bertz CT molecular complexity index is 1500. The number of rotatable bonds is 10. The predicted octanol–water partition coefficient (Wildman–Crippen LogP) is 4.64. The van der Waals surface area contributed by atoms with Crippen LogP contribution in [0.4, 0.5) is 4.79 Å². The maximum atomic E-state index is 12.4. The number of imidazole rings is 1. The van der Waals surface area contributed by atoms with Crippen molar-refractivity contribution in [3.05, 3.63) is 75.8 Å². The highest BCUT2D eigenvalue weighted by molar-refractivity contribution is 5.70. The minimum Gasteiger partial charge on any atom is -0.493 e. The summed E-state index contributed by atoms with van der Waals surface area (Å²) < 4.78 is 24.2. The molecule has 3 aromatic rings. The van der Waals surface area contributed by atoms with Crippen LogP contribution < -0.4 is 10.4 Å². The molecular formula is C31H35N3O7. The van der Waals surface area contributed by atoms with E-state index in [9.17, 15) is 14.7 Å². The molecule has 2 aliphatic rings. The van der Waals surface area contributed by atoms with Crippen molar-refractivity contribution in [3.63, 3.8) is 0 Å². The number of amides is 1. The Balaban J connectivity index is 0.966. The standard InChI is InChI=1S/C31H35N3O7/c1-31(2)39-21-24-18-23(12-13-26(24)41-31)27-19-33(30(37)40-27)14-5-3-4-6-15-38-16-8-10-22-9-7-11-25(17-22)34-20-28(35)32-29(34)36/h7,9,11-13,17-18,20,27,35H,3-6,14-16,19,21H2,1-2H3,(H,32,36)/t27-/m0/s1. The van der Waals surface area contributed by atoms with Crippen LogP contribution in [0.5, 0.6) is 11.6 Å². The second-order valence-corrected chi connectivity index (χ2v) is 10.6. The summed E-state index contributed by atoms with van der Waals surface area (Å²) in [5.41, 5.74) is 2.87. The van der Waals surface area contributed by atoms with Crippen LogP contribution in [0.15, 0.2) is 53.5 Å². The van der Waals surface area contributed by atoms with Gasteiger partial charge in [-0.15, -0.1) is 0 Å². The van der Waals surface area contributed by atoms with E-state index < -0.39 is 11.5 Å². The van der Waals surface area contributed by atoms with E-state index in [1.807, 2.05) is 38.1 Å². The summed E-state index contributed by atoms with van der Waals surface area (Å²) in [4.78, 5) is 28.3. The molecule has 2 aliphatic heterocycles. The molecule has 0 saturated carbocycles. The second-order valence-electron chi connectivity index (χ2n) is 10.6. The molecule has 0 bridgehead atoms. The van der Waals surface area contributed by atoms with E-state index in [0.29, 0.717) is 38.6 Å². The van der Waals surface area contributed by atoms with Gasteiger partial charge < -0.3 is 29.0 Å². The van der Waals surface area contributed by atoms with Crippen molar-refractivity contribution in [2.75, 3.05) is 26.3 Å². The second kappa shape index (κ2) is 12.5. The zero-order chi connectivity index (χ0) is 28.8. The molecule has 10 heteroatoms. The van der Waals surface area contributed by atoms with E-state index in [1.165, 1.54) is 10.8 Å². The number of nitrogens with one attached hydrogen (secondary N) is 1. The normalized spacial score (nSPS) is 17.4. The fourth-order valence-corrected chi connectivity index (χ4v) is 4.85. The lowest BCUT2D eigenvalue weighted by molar-refractivity contribution is -0.180. The third-order valence-corrected chi connectivity index (χ3v) is 6.98. The van der Waals surface area contributed by atoms with Gasteiger partial charge in [0.15, 0.2) is 0 Å². The van der Waals surface area contributed by atoms with Crippen LogP contribution in [0.3, 0.4) is 0 Å². The third kappa shape index (κ3) is 7.31. The summed E-state index contributed by atoms with van der Waals surface area (Å²) in [7, 11) is 0. The molecule has 0 unspecified atom stereocenters. The zero-order valence-corrected chi connectivity index (χ0v) is 23.4. The van der Waals surface area contributed by atoms with E-state index in [1.54, 1.807) is 23.1 Å². The molecule has 41 heavy (non-hydrogen) atoms. The molecule has 1 saturated heterocycles. The van der Waals surface area contributed by atoms with Crippen LogP contribution in [0.2, 0.25) is 0 Å². The van der Waals surface area contributed by atoms with Gasteiger partial charge in [0.2, 0.25) is 11.7 Å². The Hall–Kier alpha value is -4.20. The maximum absolute atomic E-state index is 12.4. The number of hydrogen-bond donors (Lipinski definition) is 2. The number of aromatic hydroxyl groups is 1. The average Bonchev–Trinajstić information content (AvgIpc) is 3.49. The topological polar surface area (TPSA) is 115 Å². The summed E-state index contributed by atoms with van der Waals surface area (Å²) in [6, 6.07) is 13.1. The van der Waals surface area contributed by atoms with E-state index >= 15 is 0 Å². The van der Waals surface area contributed by atoms with Gasteiger partial charge in [0.05, 0.1) is 25.0 Å². The van der Waals surface area contributed by atoms with Crippen molar-refractivity contribution < 1.29 is 28.8 Å². The van der Waals surface area contributed by atoms with Gasteiger partial charge in [-0.1, -0.05) is 36.8 Å². The lowest BCUT2D eigenvalue weighted by Crippen LogP contribution is -2.35. The Morgan fingerprint density at radius 3 is 2.80 bits per heavy atom. The first kappa shape index (κ1) is 28.3. The Labute approximate surface area is 238 Å². The molecule has 10 nitrogen and oxygen atoms in total. The number of aromatic amines is 1. The van der Waals surface area contributed by atoms with E-state index in [-0.39, 0.29) is 18.1 Å². The highest BCUT2D eigenvalue weighted by Gasteiger charge is 2.33. The monoisotopic (exact) mass is 561 g/mol. The molecule has 0 spiro atoms. The van der Waals surface area contributed by atoms with Crippen LogP contribution in [0.25, 0.3) is 5.69 Å². The molecule has 2 N–H and O–H groups in total. The molecule has 1 atom stereocenters. The van der Waals surface area contributed by atoms with Crippen molar-refractivity contribution in [3.8, 4) is 29.2 Å². The van der Waals surface area contributed by atoms with Crippen molar-refractivity contribution in [1.29, 1.82) is 0 Å². The van der Waals surface area contributed by atoms with E-state index in [4.69, 9.17) is 18.9 Å². The lowest BCUT2D eigenvalue weighted by Gasteiger charge is -2.32. The number of unbranched alkanes of at least 4 members (excludes halogenated alkanes) is 3. The zero-order valence-electron chi connectivity index (χ0n) is 23.4. The smallest absolute Gasteiger partial charge is 0.410 e. The van der Waals surface area contributed by atoms with E-state index in [2.05, 4.69) is 16.8 Å². The van der Waals surface area contributed by atoms with Crippen molar-refractivity contribution >= 4 is 6.09 Å². The number of carbonyl (C=O) groups excluding carboxylic acids is 1. The quantitative estimate of drug-likeness (QED) is 0.274. The van der Waals surface area contributed by atoms with Crippen LogP contribution in [0.1, 0.15) is 62.3 Å². The van der Waals surface area contributed by atoms with Gasteiger partial charge in [-0.3, -0.25) is 9.55 Å². The number of aromatic nitrogens is 2. The molecule has 1 amide bonds. The van der Waals surface area contributed by atoms with Gasteiger partial charge in [0, 0.05) is 38.1 Å². The lowest BCUT2D eigenvalue weighted by atomic mass is 10.0. The van der Waals surface area contributed by atoms with Gasteiger partial charge in [-0.2, -0.15) is 0 Å².